The predicted octanol–water partition coefficient (Wildman–Crippen LogP) is 5.71. The summed E-state index contributed by atoms with van der Waals surface area (Å²) in [5, 5.41) is 32.0. The van der Waals surface area contributed by atoms with Gasteiger partial charge >= 0.3 is 5.97 Å². The quantitative estimate of drug-likeness (QED) is 0.0270. The molecule has 0 saturated carbocycles. The number of aromatic nitrogens is 1. The molecule has 0 radical (unpaired) electrons. The number of alkyl halides is 1. The Kier molecular flexibility index (Phi) is 8.63. The number of aromatic hydroxyl groups is 1. The second-order valence-corrected chi connectivity index (χ2v) is 17.1. The van der Waals surface area contributed by atoms with E-state index in [4.69, 9.17) is 36.3 Å². The van der Waals surface area contributed by atoms with E-state index < -0.39 is 45.2 Å². The minimum absolute atomic E-state index is 0.0216. The highest BCUT2D eigenvalue weighted by molar-refractivity contribution is 14.1. The third kappa shape index (κ3) is 5.13. The molecule has 1 fully saturated rings. The number of benzene rings is 3. The van der Waals surface area contributed by atoms with Gasteiger partial charge in [0.15, 0.2) is 26.5 Å². The zero-order valence-electron chi connectivity index (χ0n) is 30.6. The number of thiol groups is 1. The fourth-order valence-corrected chi connectivity index (χ4v) is 11.0. The maximum Gasteiger partial charge on any atom is 0.308 e. The molecule has 0 amide bonds. The highest BCUT2D eigenvalue weighted by Crippen LogP contribution is 2.61. The summed E-state index contributed by atoms with van der Waals surface area (Å²) in [6.45, 7) is 12.4. The van der Waals surface area contributed by atoms with Crippen LogP contribution in [-0.4, -0.2) is 71.4 Å². The van der Waals surface area contributed by atoms with Crippen molar-refractivity contribution in [2.75, 3.05) is 27.1 Å². The van der Waals surface area contributed by atoms with Crippen molar-refractivity contribution in [1.29, 1.82) is 0 Å². The molecule has 3 aromatic carbocycles. The number of carbonyl (C=O) groups excluding carboxylic acids is 1. The summed E-state index contributed by atoms with van der Waals surface area (Å²) in [6.07, 6.45) is 0.315. The standard InChI is InChI=1S/C40H43IN4O8S/c1-16-7-8-24-23(11-16)22-9-10-42-40(41,38(22)44-24)19(4)50-14-26-28-29(34(53-20(5)46)18(3)35-36(28)52-15-51-35)37(54)31-30-27-21(12-17(2)33(49-6)32(27)47)13-25(43-30)39(48)45(26)31/h7-8,11-12,25-26,30-31,37,39,42-44,47-48,54H,4,9-10,13-15H2,1-3,5-6H3/t25?,26-,30?,31?,37+,39-,40-/m0/s1. The molecule has 5 aliphatic heterocycles. The molecule has 0 aliphatic carbocycles. The van der Waals surface area contributed by atoms with Gasteiger partial charge in [0.2, 0.25) is 6.79 Å². The molecule has 5 aliphatic rings. The first-order chi connectivity index (χ1) is 25.8. The van der Waals surface area contributed by atoms with Gasteiger partial charge in [-0.15, -0.1) is 0 Å². The number of aliphatic hydroxyl groups is 1. The Morgan fingerprint density at radius 3 is 2.69 bits per heavy atom. The second kappa shape index (κ2) is 12.9. The van der Waals surface area contributed by atoms with E-state index in [1.54, 1.807) is 7.11 Å². The molecule has 12 nitrogen and oxygen atoms in total. The first-order valence-electron chi connectivity index (χ1n) is 18.1. The van der Waals surface area contributed by atoms with Crippen LogP contribution in [0.4, 0.5) is 0 Å². The minimum atomic E-state index is -1.00. The number of carbonyl (C=O) groups is 1. The Morgan fingerprint density at radius 2 is 1.93 bits per heavy atom. The lowest BCUT2D eigenvalue weighted by molar-refractivity contribution is -0.137. The van der Waals surface area contributed by atoms with Gasteiger partial charge in [-0.05, 0) is 85.0 Å². The Labute approximate surface area is 332 Å². The number of piperazine rings is 1. The summed E-state index contributed by atoms with van der Waals surface area (Å²) in [4.78, 5) is 18.4. The summed E-state index contributed by atoms with van der Waals surface area (Å²) in [5.74, 6) is 1.75. The molecular weight excluding hydrogens is 823 g/mol. The molecule has 7 atom stereocenters. The molecule has 3 unspecified atom stereocenters. The molecule has 5 N–H and O–H groups in total. The zero-order chi connectivity index (χ0) is 38.0. The minimum Gasteiger partial charge on any atom is -0.504 e. The average Bonchev–Trinajstić information content (AvgIpc) is 3.77. The number of hydrogen-bond acceptors (Lipinski definition) is 12. The van der Waals surface area contributed by atoms with Crippen molar-refractivity contribution >= 4 is 52.1 Å². The van der Waals surface area contributed by atoms with Crippen molar-refractivity contribution in [3.8, 4) is 28.7 Å². The van der Waals surface area contributed by atoms with Crippen molar-refractivity contribution in [3.05, 3.63) is 86.8 Å². The molecular formula is C40H43IN4O8S. The van der Waals surface area contributed by atoms with E-state index in [9.17, 15) is 15.0 Å². The number of H-pyrrole nitrogens is 1. The van der Waals surface area contributed by atoms with Crippen LogP contribution in [0.15, 0.2) is 36.6 Å². The van der Waals surface area contributed by atoms with Crippen molar-refractivity contribution < 1.29 is 38.7 Å². The summed E-state index contributed by atoms with van der Waals surface area (Å²) < 4.78 is 29.9. The van der Waals surface area contributed by atoms with Crippen molar-refractivity contribution in [3.63, 3.8) is 0 Å². The highest BCUT2D eigenvalue weighted by Gasteiger charge is 2.57. The second-order valence-electron chi connectivity index (χ2n) is 15.0. The van der Waals surface area contributed by atoms with Crippen LogP contribution in [0.1, 0.15) is 74.5 Å². The first kappa shape index (κ1) is 36.0. The molecule has 54 heavy (non-hydrogen) atoms. The van der Waals surface area contributed by atoms with Crippen LogP contribution in [0.2, 0.25) is 0 Å². The number of phenols is 1. The number of hydrogen-bond donors (Lipinski definition) is 6. The van der Waals surface area contributed by atoms with Gasteiger partial charge < -0.3 is 44.2 Å². The van der Waals surface area contributed by atoms with Gasteiger partial charge in [0.1, 0.15) is 24.3 Å². The van der Waals surface area contributed by atoms with Gasteiger partial charge in [0.25, 0.3) is 0 Å². The topological polar surface area (TPSA) is 147 Å². The zero-order valence-corrected chi connectivity index (χ0v) is 33.7. The lowest BCUT2D eigenvalue weighted by atomic mass is 9.74. The SMILES string of the molecule is C=C(OC[C@H]1c2c3c(c(C)c(OC(C)=O)c2[C@@H](S)C2C4NC(Cc5cc(C)c(OC)c(O)c54)[C@H](O)N21)OCO3)[C@]1(I)NCCc2c1[nH]c1ccc(C)cc21. The van der Waals surface area contributed by atoms with Gasteiger partial charge in [-0.1, -0.05) is 24.3 Å². The third-order valence-corrected chi connectivity index (χ3v) is 13.9. The van der Waals surface area contributed by atoms with E-state index in [-0.39, 0.29) is 19.1 Å². The Balaban J connectivity index is 1.19. The molecule has 2 bridgehead atoms. The van der Waals surface area contributed by atoms with Gasteiger partial charge in [-0.2, -0.15) is 12.6 Å². The van der Waals surface area contributed by atoms with Crippen LogP contribution >= 0.6 is 35.2 Å². The number of aliphatic hydroxyl groups excluding tert-OH is 1. The van der Waals surface area contributed by atoms with Gasteiger partial charge in [0.05, 0.1) is 30.9 Å². The number of phenolic OH excluding ortho intramolecular Hbond substituents is 1. The van der Waals surface area contributed by atoms with Crippen molar-refractivity contribution in [1.82, 2.24) is 20.5 Å². The first-order valence-corrected chi connectivity index (χ1v) is 19.7. The van der Waals surface area contributed by atoms with Crippen LogP contribution in [0.5, 0.6) is 28.7 Å². The summed E-state index contributed by atoms with van der Waals surface area (Å²) in [5.41, 5.74) is 8.80. The van der Waals surface area contributed by atoms with E-state index in [2.05, 4.69) is 69.9 Å². The fraction of sp³-hybridized carbons (Fsp3) is 0.425. The number of aromatic amines is 1. The maximum atomic E-state index is 12.7. The normalized spacial score (nSPS) is 27.8. The van der Waals surface area contributed by atoms with Crippen molar-refractivity contribution in [2.45, 2.75) is 79.7 Å². The van der Waals surface area contributed by atoms with E-state index in [1.165, 1.54) is 23.4 Å². The average molecular weight is 867 g/mol. The molecule has 284 valence electrons. The smallest absolute Gasteiger partial charge is 0.308 e. The third-order valence-electron chi connectivity index (χ3n) is 11.8. The Bertz CT molecular complexity index is 2280. The number of ether oxygens (including phenoxy) is 5. The predicted molar refractivity (Wildman–Crippen MR) is 213 cm³/mol. The summed E-state index contributed by atoms with van der Waals surface area (Å²) >= 11 is 7.67. The number of halogens is 1. The molecule has 6 heterocycles. The number of nitrogens with zero attached hydrogens (tertiary/aromatic N) is 1. The van der Waals surface area contributed by atoms with E-state index in [0.29, 0.717) is 57.4 Å². The summed E-state index contributed by atoms with van der Waals surface area (Å²) in [6, 6.07) is 6.34. The number of fused-ring (bicyclic) bond motifs is 12. The molecule has 1 saturated heterocycles. The van der Waals surface area contributed by atoms with Gasteiger partial charge in [0, 0.05) is 57.9 Å². The summed E-state index contributed by atoms with van der Waals surface area (Å²) in [7, 11) is 1.54. The molecule has 0 spiro atoms. The van der Waals surface area contributed by atoms with Crippen LogP contribution < -0.4 is 29.6 Å². The number of esters is 1. The van der Waals surface area contributed by atoms with Gasteiger partial charge in [-0.25, -0.2) is 0 Å². The largest absolute Gasteiger partial charge is 0.504 e. The molecule has 9 rings (SSSR count). The monoisotopic (exact) mass is 866 g/mol. The Hall–Kier alpha value is -3.67. The van der Waals surface area contributed by atoms with Gasteiger partial charge in [-0.3, -0.25) is 15.0 Å². The molecule has 4 aromatic rings. The maximum absolute atomic E-state index is 12.7. The van der Waals surface area contributed by atoms with E-state index in [0.717, 1.165) is 35.3 Å². The molecule has 1 aromatic heterocycles. The highest BCUT2D eigenvalue weighted by atomic mass is 127. The molecule has 14 heteroatoms. The lowest BCUT2D eigenvalue weighted by Gasteiger charge is -2.58. The number of aryl methyl sites for hydroxylation is 2. The Morgan fingerprint density at radius 1 is 1.15 bits per heavy atom. The van der Waals surface area contributed by atoms with Crippen LogP contribution in [0.25, 0.3) is 10.9 Å². The van der Waals surface area contributed by atoms with Crippen molar-refractivity contribution in [2.24, 2.45) is 0 Å². The number of nitrogens with one attached hydrogen (secondary N) is 3. The van der Waals surface area contributed by atoms with E-state index >= 15 is 0 Å². The van der Waals surface area contributed by atoms with E-state index in [1.807, 2.05) is 24.8 Å². The number of rotatable bonds is 6. The number of methoxy groups -OCH3 is 1. The van der Waals surface area contributed by atoms with Crippen LogP contribution in [0.3, 0.4) is 0 Å². The van der Waals surface area contributed by atoms with Crippen LogP contribution in [-0.2, 0) is 25.9 Å². The van der Waals surface area contributed by atoms with Crippen LogP contribution in [0, 0.1) is 20.8 Å². The fourth-order valence-electron chi connectivity index (χ4n) is 9.58. The lowest BCUT2D eigenvalue weighted by Crippen LogP contribution is -2.69.